The van der Waals surface area contributed by atoms with Crippen LogP contribution < -0.4 is 19.9 Å². The minimum atomic E-state index is -0.649. The van der Waals surface area contributed by atoms with Gasteiger partial charge in [0, 0.05) is 25.3 Å². The van der Waals surface area contributed by atoms with E-state index in [4.69, 9.17) is 36.3 Å². The number of carbonyl (C=O) groups excluding carboxylic acids is 2. The SMILES string of the molecule is COc1cccc(CN(CC2CCCO2)C(=O)c2cc(Cl)c(OCC(N)=O)c(OC)c2)c1. The standard InChI is InChI=1S/C23H27ClN2O6/c1-29-17-6-3-5-15(9-17)12-26(13-18-7-4-8-31-18)23(28)16-10-19(24)22(20(11-16)30-2)32-14-21(25)27/h3,5-6,9-11,18H,4,7-8,12-14H2,1-2H3,(H2,25,27). The van der Waals surface area contributed by atoms with E-state index in [0.29, 0.717) is 31.0 Å². The highest BCUT2D eigenvalue weighted by Crippen LogP contribution is 2.37. The lowest BCUT2D eigenvalue weighted by atomic mass is 10.1. The highest BCUT2D eigenvalue weighted by molar-refractivity contribution is 6.32. The van der Waals surface area contributed by atoms with Crippen LogP contribution in [0.15, 0.2) is 36.4 Å². The van der Waals surface area contributed by atoms with Crippen LogP contribution in [0, 0.1) is 0 Å². The third-order valence-corrected chi connectivity index (χ3v) is 5.36. The Morgan fingerprint density at radius 3 is 2.69 bits per heavy atom. The molecule has 8 nitrogen and oxygen atoms in total. The molecule has 2 aromatic rings. The number of halogens is 1. The number of carbonyl (C=O) groups is 2. The molecule has 2 aromatic carbocycles. The molecule has 0 saturated carbocycles. The van der Waals surface area contributed by atoms with E-state index in [1.807, 2.05) is 24.3 Å². The average molecular weight is 463 g/mol. The Morgan fingerprint density at radius 1 is 1.22 bits per heavy atom. The Balaban J connectivity index is 1.88. The van der Waals surface area contributed by atoms with Crippen LogP contribution in [0.25, 0.3) is 0 Å². The highest BCUT2D eigenvalue weighted by Gasteiger charge is 2.25. The summed E-state index contributed by atoms with van der Waals surface area (Å²) in [6.45, 7) is 1.15. The molecule has 1 unspecified atom stereocenters. The van der Waals surface area contributed by atoms with Gasteiger partial charge >= 0.3 is 0 Å². The third kappa shape index (κ3) is 6.05. The molecule has 2 N–H and O–H groups in total. The first-order chi connectivity index (χ1) is 15.4. The molecule has 0 aromatic heterocycles. The van der Waals surface area contributed by atoms with E-state index >= 15 is 0 Å². The van der Waals surface area contributed by atoms with Gasteiger partial charge in [-0.25, -0.2) is 0 Å². The number of benzene rings is 2. The summed E-state index contributed by atoms with van der Waals surface area (Å²) in [7, 11) is 3.03. The number of methoxy groups -OCH3 is 2. The number of hydrogen-bond acceptors (Lipinski definition) is 6. The maximum Gasteiger partial charge on any atom is 0.255 e. The van der Waals surface area contributed by atoms with Crippen molar-refractivity contribution in [3.8, 4) is 17.2 Å². The van der Waals surface area contributed by atoms with Gasteiger partial charge in [-0.3, -0.25) is 9.59 Å². The van der Waals surface area contributed by atoms with Crippen molar-refractivity contribution in [3.05, 3.63) is 52.5 Å². The van der Waals surface area contributed by atoms with Crippen LogP contribution in [-0.2, 0) is 16.1 Å². The zero-order valence-electron chi connectivity index (χ0n) is 18.1. The maximum atomic E-state index is 13.5. The zero-order chi connectivity index (χ0) is 23.1. The Labute approximate surface area is 192 Å². The molecular weight excluding hydrogens is 436 g/mol. The topological polar surface area (TPSA) is 100 Å². The molecule has 0 aliphatic carbocycles. The van der Waals surface area contributed by atoms with Crippen molar-refractivity contribution in [1.82, 2.24) is 4.90 Å². The van der Waals surface area contributed by atoms with Gasteiger partial charge in [0.15, 0.2) is 18.1 Å². The van der Waals surface area contributed by atoms with E-state index in [9.17, 15) is 9.59 Å². The molecule has 1 atom stereocenters. The minimum absolute atomic E-state index is 0.0277. The van der Waals surface area contributed by atoms with Gasteiger partial charge in [0.2, 0.25) is 0 Å². The number of nitrogens with two attached hydrogens (primary N) is 1. The molecule has 0 bridgehead atoms. The highest BCUT2D eigenvalue weighted by atomic mass is 35.5. The molecule has 1 heterocycles. The first kappa shape index (κ1) is 23.7. The van der Waals surface area contributed by atoms with Crippen molar-refractivity contribution in [2.75, 3.05) is 34.0 Å². The van der Waals surface area contributed by atoms with Crippen molar-refractivity contribution in [2.24, 2.45) is 5.73 Å². The maximum absolute atomic E-state index is 13.5. The van der Waals surface area contributed by atoms with Crippen LogP contribution >= 0.6 is 11.6 Å². The van der Waals surface area contributed by atoms with Gasteiger partial charge in [-0.15, -0.1) is 0 Å². The third-order valence-electron chi connectivity index (χ3n) is 5.08. The van der Waals surface area contributed by atoms with Gasteiger partial charge in [-0.05, 0) is 42.7 Å². The predicted octanol–water partition coefficient (Wildman–Crippen LogP) is 3.04. The van der Waals surface area contributed by atoms with E-state index in [-0.39, 0.29) is 35.1 Å². The molecular formula is C23H27ClN2O6. The number of hydrogen-bond donors (Lipinski definition) is 1. The summed E-state index contributed by atoms with van der Waals surface area (Å²) < 4.78 is 21.8. The van der Waals surface area contributed by atoms with Crippen molar-refractivity contribution >= 4 is 23.4 Å². The first-order valence-electron chi connectivity index (χ1n) is 10.2. The van der Waals surface area contributed by atoms with Gasteiger partial charge in [0.05, 0.1) is 25.3 Å². The van der Waals surface area contributed by atoms with Crippen molar-refractivity contribution in [1.29, 1.82) is 0 Å². The largest absolute Gasteiger partial charge is 0.497 e. The summed E-state index contributed by atoms with van der Waals surface area (Å²) in [5, 5.41) is 0.146. The summed E-state index contributed by atoms with van der Waals surface area (Å²) in [4.78, 5) is 26.3. The van der Waals surface area contributed by atoms with Gasteiger partial charge in [0.1, 0.15) is 5.75 Å². The quantitative estimate of drug-likeness (QED) is 0.582. The number of primary amides is 1. The molecule has 1 fully saturated rings. The summed E-state index contributed by atoms with van der Waals surface area (Å²) in [6, 6.07) is 10.6. The second-order valence-electron chi connectivity index (χ2n) is 7.42. The van der Waals surface area contributed by atoms with Gasteiger partial charge < -0.3 is 29.6 Å². The minimum Gasteiger partial charge on any atom is -0.497 e. The van der Waals surface area contributed by atoms with E-state index in [1.165, 1.54) is 13.2 Å². The fraction of sp³-hybridized carbons (Fsp3) is 0.391. The van der Waals surface area contributed by atoms with Gasteiger partial charge in [-0.2, -0.15) is 0 Å². The molecule has 1 aliphatic heterocycles. The van der Waals surface area contributed by atoms with Crippen LogP contribution in [0.3, 0.4) is 0 Å². The van der Waals surface area contributed by atoms with Crippen LogP contribution in [0.2, 0.25) is 5.02 Å². The molecule has 9 heteroatoms. The molecule has 3 rings (SSSR count). The Hall–Kier alpha value is -2.97. The number of amides is 2. The molecule has 1 aliphatic rings. The molecule has 32 heavy (non-hydrogen) atoms. The van der Waals surface area contributed by atoms with Gasteiger partial charge in [0.25, 0.3) is 11.8 Å². The zero-order valence-corrected chi connectivity index (χ0v) is 18.9. The summed E-state index contributed by atoms with van der Waals surface area (Å²) in [5.74, 6) is 0.227. The van der Waals surface area contributed by atoms with E-state index in [2.05, 4.69) is 0 Å². The summed E-state index contributed by atoms with van der Waals surface area (Å²) >= 11 is 6.35. The predicted molar refractivity (Wildman–Crippen MR) is 119 cm³/mol. The average Bonchev–Trinajstić information content (AvgIpc) is 3.30. The number of nitrogens with zero attached hydrogens (tertiary/aromatic N) is 1. The Kier molecular flexibility index (Phi) is 8.19. The van der Waals surface area contributed by atoms with Crippen LogP contribution in [0.4, 0.5) is 0 Å². The lowest BCUT2D eigenvalue weighted by Gasteiger charge is -2.26. The fourth-order valence-corrected chi connectivity index (χ4v) is 3.82. The summed E-state index contributed by atoms with van der Waals surface area (Å²) in [6.07, 6.45) is 1.84. The van der Waals surface area contributed by atoms with Crippen LogP contribution in [0.5, 0.6) is 17.2 Å². The smallest absolute Gasteiger partial charge is 0.255 e. The van der Waals surface area contributed by atoms with Crippen molar-refractivity contribution in [3.63, 3.8) is 0 Å². The normalized spacial score (nSPS) is 15.3. The second kappa shape index (κ2) is 11.1. The van der Waals surface area contributed by atoms with Crippen LogP contribution in [0.1, 0.15) is 28.8 Å². The second-order valence-corrected chi connectivity index (χ2v) is 7.82. The van der Waals surface area contributed by atoms with E-state index < -0.39 is 5.91 Å². The van der Waals surface area contributed by atoms with Crippen molar-refractivity contribution in [2.45, 2.75) is 25.5 Å². The fourth-order valence-electron chi connectivity index (χ4n) is 3.55. The Morgan fingerprint density at radius 2 is 2.03 bits per heavy atom. The van der Waals surface area contributed by atoms with E-state index in [0.717, 1.165) is 18.4 Å². The molecule has 0 spiro atoms. The Bertz CT molecular complexity index is 961. The molecule has 172 valence electrons. The summed E-state index contributed by atoms with van der Waals surface area (Å²) in [5.41, 5.74) is 6.40. The molecule has 2 amide bonds. The monoisotopic (exact) mass is 462 g/mol. The van der Waals surface area contributed by atoms with Crippen LogP contribution in [-0.4, -0.2) is 56.8 Å². The van der Waals surface area contributed by atoms with Crippen molar-refractivity contribution < 1.29 is 28.5 Å². The number of ether oxygens (including phenoxy) is 4. The lowest BCUT2D eigenvalue weighted by Crippen LogP contribution is -2.37. The lowest BCUT2D eigenvalue weighted by molar-refractivity contribution is -0.119. The molecule has 1 saturated heterocycles. The molecule has 0 radical (unpaired) electrons. The number of rotatable bonds is 10. The van der Waals surface area contributed by atoms with E-state index in [1.54, 1.807) is 18.1 Å². The first-order valence-corrected chi connectivity index (χ1v) is 10.6. The van der Waals surface area contributed by atoms with Gasteiger partial charge in [-0.1, -0.05) is 23.7 Å².